The van der Waals surface area contributed by atoms with Gasteiger partial charge in [0.05, 0.1) is 22.4 Å². The van der Waals surface area contributed by atoms with E-state index in [0.29, 0.717) is 57.5 Å². The van der Waals surface area contributed by atoms with Crippen LogP contribution in [0, 0.1) is 22.2 Å². The molecule has 1 spiro atoms. The van der Waals surface area contributed by atoms with Gasteiger partial charge in [0.1, 0.15) is 6.04 Å². The predicted octanol–water partition coefficient (Wildman–Crippen LogP) is 4.19. The zero-order valence-electron chi connectivity index (χ0n) is 33.2. The molecule has 0 radical (unpaired) electrons. The van der Waals surface area contributed by atoms with Gasteiger partial charge >= 0.3 is 0 Å². The topological polar surface area (TPSA) is 175 Å². The number of benzene rings is 1. The number of piperidine rings is 3. The monoisotopic (exact) mass is 767 g/mol. The van der Waals surface area contributed by atoms with E-state index >= 15 is 0 Å². The first kappa shape index (κ1) is 39.6. The summed E-state index contributed by atoms with van der Waals surface area (Å²) >= 11 is 0. The fourth-order valence-electron chi connectivity index (χ4n) is 10.0. The first-order valence-corrected chi connectivity index (χ1v) is 20.3. The van der Waals surface area contributed by atoms with E-state index < -0.39 is 29.4 Å². The van der Waals surface area contributed by atoms with Gasteiger partial charge in [-0.1, -0.05) is 13.8 Å². The highest BCUT2D eigenvalue weighted by Gasteiger charge is 2.46. The Morgan fingerprint density at radius 3 is 2.23 bits per heavy atom. The normalized spacial score (nSPS) is 25.0. The van der Waals surface area contributed by atoms with Gasteiger partial charge in [-0.05, 0) is 119 Å². The third kappa shape index (κ3) is 7.98. The molecular weight excluding hydrogens is 711 g/mol. The molecule has 4 fully saturated rings. The maximum atomic E-state index is 13.4. The average molecular weight is 768 g/mol. The van der Waals surface area contributed by atoms with Gasteiger partial charge in [0.15, 0.2) is 0 Å². The van der Waals surface area contributed by atoms with Crippen LogP contribution in [0.2, 0.25) is 0 Å². The SMILES string of the molecule is CC(C)(O)C1=CC(=N)/C(=C\NC2CCN(CC(C)(C)C3CCC4(CC3)CCN(c3ccc5c(c3)C(=O)N(C3CCC(=O)NC3=O)C5=O)CC4)CC2)C=C1NC=O. The lowest BCUT2D eigenvalue weighted by Crippen LogP contribution is -2.54. The van der Waals surface area contributed by atoms with Crippen LogP contribution in [-0.2, 0) is 14.4 Å². The van der Waals surface area contributed by atoms with E-state index in [1.54, 1.807) is 32.1 Å². The minimum absolute atomic E-state index is 0.101. The van der Waals surface area contributed by atoms with Gasteiger partial charge in [-0.3, -0.25) is 34.2 Å². The predicted molar refractivity (Wildman–Crippen MR) is 213 cm³/mol. The molecule has 5 amide bonds. The van der Waals surface area contributed by atoms with Crippen molar-refractivity contribution in [2.45, 2.75) is 110 Å². The Labute approximate surface area is 329 Å². The molecule has 5 N–H and O–H groups in total. The highest BCUT2D eigenvalue weighted by Crippen LogP contribution is 2.51. The Hall–Kier alpha value is -4.62. The van der Waals surface area contributed by atoms with E-state index in [0.717, 1.165) is 69.0 Å². The van der Waals surface area contributed by atoms with Crippen molar-refractivity contribution < 1.29 is 29.1 Å². The molecule has 3 saturated heterocycles. The van der Waals surface area contributed by atoms with Crippen LogP contribution in [0.15, 0.2) is 53.4 Å². The Balaban J connectivity index is 0.870. The molecule has 1 aromatic carbocycles. The van der Waals surface area contributed by atoms with Gasteiger partial charge in [0.25, 0.3) is 11.8 Å². The van der Waals surface area contributed by atoms with Crippen molar-refractivity contribution >= 4 is 41.4 Å². The first-order valence-electron chi connectivity index (χ1n) is 20.3. The zero-order chi connectivity index (χ0) is 40.0. The smallest absolute Gasteiger partial charge is 0.262 e. The summed E-state index contributed by atoms with van der Waals surface area (Å²) in [6, 6.07) is 4.78. The molecule has 13 heteroatoms. The highest BCUT2D eigenvalue weighted by atomic mass is 16.3. The summed E-state index contributed by atoms with van der Waals surface area (Å²) in [6.45, 7) is 13.1. The second kappa shape index (κ2) is 15.4. The molecule has 4 aliphatic heterocycles. The third-order valence-corrected chi connectivity index (χ3v) is 13.5. The number of likely N-dealkylation sites (tertiary alicyclic amines) is 1. The van der Waals surface area contributed by atoms with Gasteiger partial charge in [-0.25, -0.2) is 0 Å². The Kier molecular flexibility index (Phi) is 10.9. The minimum atomic E-state index is -1.18. The number of amides is 5. The van der Waals surface area contributed by atoms with E-state index in [1.807, 2.05) is 18.3 Å². The lowest BCUT2D eigenvalue weighted by molar-refractivity contribution is -0.136. The molecular formula is C43H57N7O6. The first-order chi connectivity index (χ1) is 26.6. The minimum Gasteiger partial charge on any atom is -0.388 e. The van der Waals surface area contributed by atoms with Crippen molar-refractivity contribution in [3.05, 3.63) is 64.5 Å². The number of nitrogens with zero attached hydrogens (tertiary/aromatic N) is 3. The Morgan fingerprint density at radius 1 is 0.911 bits per heavy atom. The van der Waals surface area contributed by atoms with Crippen molar-refractivity contribution in [1.82, 2.24) is 25.8 Å². The second-order valence-electron chi connectivity index (χ2n) is 18.1. The zero-order valence-corrected chi connectivity index (χ0v) is 33.2. The largest absolute Gasteiger partial charge is 0.388 e. The van der Waals surface area contributed by atoms with E-state index in [2.05, 4.69) is 39.6 Å². The summed E-state index contributed by atoms with van der Waals surface area (Å²) in [6.07, 6.45) is 15.2. The molecule has 2 aliphatic carbocycles. The molecule has 0 bridgehead atoms. The molecule has 4 heterocycles. The molecule has 13 nitrogen and oxygen atoms in total. The number of hydrogen-bond donors (Lipinski definition) is 5. The summed E-state index contributed by atoms with van der Waals surface area (Å²) in [5.41, 5.74) is 2.92. The summed E-state index contributed by atoms with van der Waals surface area (Å²) < 4.78 is 0. The molecule has 56 heavy (non-hydrogen) atoms. The number of nitrogens with one attached hydrogen (secondary N) is 4. The molecule has 1 atom stereocenters. The van der Waals surface area contributed by atoms with Crippen molar-refractivity contribution in [2.75, 3.05) is 37.6 Å². The lowest BCUT2D eigenvalue weighted by atomic mass is 9.60. The maximum absolute atomic E-state index is 13.4. The summed E-state index contributed by atoms with van der Waals surface area (Å²) in [4.78, 5) is 67.9. The van der Waals surface area contributed by atoms with Crippen LogP contribution in [0.25, 0.3) is 0 Å². The molecule has 300 valence electrons. The number of allylic oxidation sites excluding steroid dienone is 3. The van der Waals surface area contributed by atoms with Crippen LogP contribution in [0.5, 0.6) is 0 Å². The molecule has 1 aromatic rings. The number of rotatable bonds is 10. The molecule has 1 unspecified atom stereocenters. The fraction of sp³-hybridized carbons (Fsp3) is 0.581. The van der Waals surface area contributed by atoms with Crippen LogP contribution in [0.4, 0.5) is 5.69 Å². The van der Waals surface area contributed by atoms with Crippen molar-refractivity contribution in [3.8, 4) is 0 Å². The van der Waals surface area contributed by atoms with Crippen molar-refractivity contribution in [1.29, 1.82) is 5.41 Å². The third-order valence-electron chi connectivity index (χ3n) is 13.5. The van der Waals surface area contributed by atoms with Crippen LogP contribution < -0.4 is 20.9 Å². The van der Waals surface area contributed by atoms with E-state index in [1.165, 1.54) is 25.7 Å². The maximum Gasteiger partial charge on any atom is 0.262 e. The Bertz CT molecular complexity index is 1880. The number of carbonyl (C=O) groups excluding carboxylic acids is 5. The molecule has 0 aromatic heterocycles. The molecule has 7 rings (SSSR count). The van der Waals surface area contributed by atoms with Crippen LogP contribution >= 0.6 is 0 Å². The number of anilines is 1. The van der Waals surface area contributed by atoms with Crippen LogP contribution in [-0.4, -0.2) is 101 Å². The Morgan fingerprint density at radius 2 is 1.59 bits per heavy atom. The average Bonchev–Trinajstić information content (AvgIpc) is 3.40. The van der Waals surface area contributed by atoms with Gasteiger partial charge in [-0.2, -0.15) is 0 Å². The van der Waals surface area contributed by atoms with E-state index in [4.69, 9.17) is 5.41 Å². The van der Waals surface area contributed by atoms with E-state index in [-0.39, 0.29) is 24.2 Å². The van der Waals surface area contributed by atoms with E-state index in [9.17, 15) is 29.1 Å². The number of fused-ring (bicyclic) bond motifs is 1. The molecule has 6 aliphatic rings. The van der Waals surface area contributed by atoms with Gasteiger partial charge < -0.3 is 30.9 Å². The van der Waals surface area contributed by atoms with Crippen LogP contribution in [0.1, 0.15) is 113 Å². The van der Waals surface area contributed by atoms with Crippen molar-refractivity contribution in [2.24, 2.45) is 16.7 Å². The summed E-state index contributed by atoms with van der Waals surface area (Å²) in [5, 5.41) is 27.5. The highest BCUT2D eigenvalue weighted by molar-refractivity contribution is 6.23. The number of hydrogen-bond acceptors (Lipinski definition) is 10. The second-order valence-corrected chi connectivity index (χ2v) is 18.1. The standard InChI is InChI=1S/C43H57N7O6/c1-41(2,25-48-17-11-29(12-18-48)45-24-27-21-35(46-26-51)33(23-34(27)44)42(3,4)56)28-9-13-43(14-10-28)15-19-49(20-16-43)30-5-6-31-32(22-30)40(55)50(39(31)54)36-7-8-37(52)47-38(36)53/h5-6,21-24,26,28-29,36,44-45,56H,7-20,25H2,1-4H3,(H,46,51)(H,47,52,53)/b27-24-,44-34?. The van der Waals surface area contributed by atoms with Crippen molar-refractivity contribution in [3.63, 3.8) is 0 Å². The summed E-state index contributed by atoms with van der Waals surface area (Å²) in [5.74, 6) is -1.25. The number of aliphatic hydroxyl groups is 1. The quantitative estimate of drug-likeness (QED) is 0.173. The van der Waals surface area contributed by atoms with Gasteiger partial charge in [-0.15, -0.1) is 0 Å². The molecule has 1 saturated carbocycles. The number of imide groups is 2. The number of carbonyl (C=O) groups is 5. The van der Waals surface area contributed by atoms with Gasteiger partial charge in [0.2, 0.25) is 18.2 Å². The lowest BCUT2D eigenvalue weighted by Gasteiger charge is -2.50. The van der Waals surface area contributed by atoms with Gasteiger partial charge in [0, 0.05) is 73.9 Å². The fourth-order valence-corrected chi connectivity index (χ4v) is 10.0. The van der Waals surface area contributed by atoms with Crippen LogP contribution in [0.3, 0.4) is 0 Å². The summed E-state index contributed by atoms with van der Waals surface area (Å²) in [7, 11) is 0.